The molecule has 0 bridgehead atoms. The maximum absolute atomic E-state index is 13.1. The predicted molar refractivity (Wildman–Crippen MR) is 134 cm³/mol. The summed E-state index contributed by atoms with van der Waals surface area (Å²) >= 11 is 3.35. The molecule has 0 atom stereocenters. The zero-order valence-electron chi connectivity index (χ0n) is 18.1. The van der Waals surface area contributed by atoms with E-state index in [-0.39, 0.29) is 18.3 Å². The number of carbonyl (C=O) groups is 1. The molecule has 0 N–H and O–H groups in total. The summed E-state index contributed by atoms with van der Waals surface area (Å²) < 4.78 is 1.15. The summed E-state index contributed by atoms with van der Waals surface area (Å²) in [6, 6.07) is 14.5. The Labute approximate surface area is 194 Å². The number of halogens is 1. The molecule has 0 radical (unpaired) electrons. The van der Waals surface area contributed by atoms with Crippen molar-refractivity contribution in [2.45, 2.75) is 31.6 Å². The van der Waals surface area contributed by atoms with Gasteiger partial charge in [-0.1, -0.05) is 29.5 Å². The highest BCUT2D eigenvalue weighted by Gasteiger charge is 2.20. The first-order chi connectivity index (χ1) is 13.9. The number of amides is 1. The summed E-state index contributed by atoms with van der Waals surface area (Å²) in [5.41, 5.74) is 3.48. The Kier molecular flexibility index (Phi) is 9.62. The van der Waals surface area contributed by atoms with Crippen LogP contribution in [0.25, 0.3) is 10.2 Å². The Morgan fingerprint density at radius 3 is 2.47 bits per heavy atom. The van der Waals surface area contributed by atoms with E-state index in [1.165, 1.54) is 16.0 Å². The van der Waals surface area contributed by atoms with E-state index in [4.69, 9.17) is 4.98 Å². The Morgan fingerprint density at radius 1 is 1.07 bits per heavy atom. The fraction of sp³-hybridized carbons (Fsp3) is 0.391. The van der Waals surface area contributed by atoms with Gasteiger partial charge in [-0.3, -0.25) is 9.69 Å². The van der Waals surface area contributed by atoms with E-state index >= 15 is 0 Å². The summed E-state index contributed by atoms with van der Waals surface area (Å²) in [7, 11) is 4.12. The Hall–Kier alpha value is -1.60. The summed E-state index contributed by atoms with van der Waals surface area (Å²) in [5, 5.41) is 0.818. The largest absolute Gasteiger partial charge is 0.309 e. The van der Waals surface area contributed by atoms with E-state index in [9.17, 15) is 4.79 Å². The lowest BCUT2D eigenvalue weighted by molar-refractivity contribution is -0.118. The van der Waals surface area contributed by atoms with E-state index in [1.807, 2.05) is 23.1 Å². The molecule has 1 aromatic heterocycles. The molecule has 0 fully saturated rings. The van der Waals surface area contributed by atoms with E-state index in [0.29, 0.717) is 13.0 Å². The van der Waals surface area contributed by atoms with E-state index in [2.05, 4.69) is 57.1 Å². The van der Waals surface area contributed by atoms with Crippen LogP contribution in [-0.2, 0) is 4.79 Å². The molecule has 3 aromatic rings. The van der Waals surface area contributed by atoms with Crippen LogP contribution in [0.5, 0.6) is 0 Å². The normalized spacial score (nSPS) is 11.0. The van der Waals surface area contributed by atoms with Gasteiger partial charge in [-0.15, -0.1) is 24.2 Å². The summed E-state index contributed by atoms with van der Waals surface area (Å²) in [5.74, 6) is 0.926. The zero-order valence-corrected chi connectivity index (χ0v) is 20.5. The smallest absolute Gasteiger partial charge is 0.229 e. The van der Waals surface area contributed by atoms with Crippen molar-refractivity contribution in [2.24, 2.45) is 0 Å². The van der Waals surface area contributed by atoms with Crippen molar-refractivity contribution < 1.29 is 4.79 Å². The lowest BCUT2D eigenvalue weighted by atomic mass is 10.1. The molecule has 7 heteroatoms. The minimum absolute atomic E-state index is 0. The van der Waals surface area contributed by atoms with Crippen molar-refractivity contribution in [2.75, 3.05) is 37.8 Å². The van der Waals surface area contributed by atoms with Crippen LogP contribution in [-0.4, -0.2) is 48.7 Å². The molecule has 30 heavy (non-hydrogen) atoms. The van der Waals surface area contributed by atoms with Gasteiger partial charge < -0.3 is 4.90 Å². The van der Waals surface area contributed by atoms with Crippen LogP contribution in [0.3, 0.4) is 0 Å². The van der Waals surface area contributed by atoms with Crippen molar-refractivity contribution >= 4 is 56.8 Å². The molecule has 3 rings (SSSR count). The molecule has 0 aliphatic carbocycles. The van der Waals surface area contributed by atoms with Crippen LogP contribution >= 0.6 is 35.5 Å². The molecule has 162 valence electrons. The second-order valence-corrected chi connectivity index (χ2v) is 9.69. The van der Waals surface area contributed by atoms with Crippen LogP contribution in [0.4, 0.5) is 5.13 Å². The standard InChI is InChI=1S/C23H29N3OS2.ClH/c1-17-15-20-21(16-18(17)2)29-23(24-20)26(13-8-12-25(3)4)22(27)11-14-28-19-9-6-5-7-10-19;/h5-7,9-10,15-16H,8,11-14H2,1-4H3;1H. The first-order valence-electron chi connectivity index (χ1n) is 9.95. The van der Waals surface area contributed by atoms with Gasteiger partial charge in [-0.05, 0) is 76.3 Å². The average molecular weight is 464 g/mol. The number of benzene rings is 2. The van der Waals surface area contributed by atoms with Gasteiger partial charge >= 0.3 is 0 Å². The quantitative estimate of drug-likeness (QED) is 0.375. The van der Waals surface area contributed by atoms with Gasteiger partial charge in [-0.25, -0.2) is 4.98 Å². The highest BCUT2D eigenvalue weighted by atomic mass is 35.5. The molecule has 0 spiro atoms. The van der Waals surface area contributed by atoms with Crippen LogP contribution in [0.15, 0.2) is 47.4 Å². The Morgan fingerprint density at radius 2 is 1.77 bits per heavy atom. The Balaban J connectivity index is 0.00000320. The van der Waals surface area contributed by atoms with E-state index in [0.717, 1.165) is 34.1 Å². The van der Waals surface area contributed by atoms with Crippen LogP contribution in [0.1, 0.15) is 24.0 Å². The van der Waals surface area contributed by atoms with Crippen molar-refractivity contribution in [1.82, 2.24) is 9.88 Å². The van der Waals surface area contributed by atoms with Gasteiger partial charge in [0, 0.05) is 23.6 Å². The number of aryl methyl sites for hydroxylation is 2. The molecular formula is C23H30ClN3OS2. The predicted octanol–water partition coefficient (Wildman–Crippen LogP) is 5.80. The molecule has 0 aliphatic heterocycles. The first-order valence-corrected chi connectivity index (χ1v) is 11.7. The molecule has 2 aromatic carbocycles. The van der Waals surface area contributed by atoms with E-state index in [1.54, 1.807) is 23.1 Å². The second-order valence-electron chi connectivity index (χ2n) is 7.51. The highest BCUT2D eigenvalue weighted by molar-refractivity contribution is 7.99. The number of thiazole rings is 1. The van der Waals surface area contributed by atoms with Gasteiger partial charge in [0.15, 0.2) is 5.13 Å². The van der Waals surface area contributed by atoms with Crippen molar-refractivity contribution in [3.63, 3.8) is 0 Å². The van der Waals surface area contributed by atoms with Crippen molar-refractivity contribution in [3.8, 4) is 0 Å². The fourth-order valence-corrected chi connectivity index (χ4v) is 5.01. The summed E-state index contributed by atoms with van der Waals surface area (Å²) in [6.45, 7) is 5.88. The third-order valence-corrected chi connectivity index (χ3v) is 6.89. The number of aromatic nitrogens is 1. The SMILES string of the molecule is Cc1cc2nc(N(CCCN(C)C)C(=O)CCSc3ccccc3)sc2cc1C.Cl. The molecule has 0 saturated heterocycles. The number of nitrogens with zero attached hydrogens (tertiary/aromatic N) is 3. The number of anilines is 1. The maximum atomic E-state index is 13.1. The number of hydrogen-bond acceptors (Lipinski definition) is 5. The van der Waals surface area contributed by atoms with Crippen molar-refractivity contribution in [1.29, 1.82) is 0 Å². The highest BCUT2D eigenvalue weighted by Crippen LogP contribution is 2.31. The van der Waals surface area contributed by atoms with E-state index < -0.39 is 0 Å². The number of hydrogen-bond donors (Lipinski definition) is 0. The van der Waals surface area contributed by atoms with Gasteiger partial charge in [0.2, 0.25) is 5.91 Å². The second kappa shape index (κ2) is 11.7. The van der Waals surface area contributed by atoms with Crippen LogP contribution in [0, 0.1) is 13.8 Å². The number of fused-ring (bicyclic) bond motifs is 1. The third-order valence-electron chi connectivity index (χ3n) is 4.84. The van der Waals surface area contributed by atoms with Gasteiger partial charge in [0.25, 0.3) is 0 Å². The van der Waals surface area contributed by atoms with Crippen LogP contribution < -0.4 is 4.90 Å². The lowest BCUT2D eigenvalue weighted by Gasteiger charge is -2.21. The van der Waals surface area contributed by atoms with Gasteiger partial charge in [0.05, 0.1) is 10.2 Å². The molecular weight excluding hydrogens is 434 g/mol. The molecule has 1 amide bonds. The summed E-state index contributed by atoms with van der Waals surface area (Å²) in [6.07, 6.45) is 1.44. The Bertz CT molecular complexity index is 921. The summed E-state index contributed by atoms with van der Waals surface area (Å²) in [4.78, 5) is 23.1. The maximum Gasteiger partial charge on any atom is 0.229 e. The first kappa shape index (κ1) is 24.7. The van der Waals surface area contributed by atoms with Crippen LogP contribution in [0.2, 0.25) is 0 Å². The minimum Gasteiger partial charge on any atom is -0.309 e. The fourth-order valence-electron chi connectivity index (χ4n) is 3.06. The van der Waals surface area contributed by atoms with Crippen molar-refractivity contribution in [3.05, 3.63) is 53.6 Å². The lowest BCUT2D eigenvalue weighted by Crippen LogP contribution is -2.33. The molecule has 0 saturated carbocycles. The minimum atomic E-state index is 0. The number of carbonyl (C=O) groups excluding carboxylic acids is 1. The number of rotatable bonds is 9. The average Bonchev–Trinajstić information content (AvgIpc) is 3.08. The molecule has 4 nitrogen and oxygen atoms in total. The molecule has 1 heterocycles. The monoisotopic (exact) mass is 463 g/mol. The third kappa shape index (κ3) is 6.71. The van der Waals surface area contributed by atoms with Gasteiger partial charge in [0.1, 0.15) is 0 Å². The zero-order chi connectivity index (χ0) is 20.8. The number of thioether (sulfide) groups is 1. The topological polar surface area (TPSA) is 36.4 Å². The molecule has 0 aliphatic rings. The van der Waals surface area contributed by atoms with Gasteiger partial charge in [-0.2, -0.15) is 0 Å². The molecule has 0 unspecified atom stereocenters.